The number of hydrogen-bond donors (Lipinski definition) is 1. The van der Waals surface area contributed by atoms with Crippen LogP contribution in [-0.2, 0) is 26.2 Å². The third kappa shape index (κ3) is 8.11. The second-order valence-electron chi connectivity index (χ2n) is 9.91. The third-order valence-electron chi connectivity index (χ3n) is 6.97. The summed E-state index contributed by atoms with van der Waals surface area (Å²) in [5, 5.41) is 3.53. The Morgan fingerprint density at radius 2 is 1.79 bits per heavy atom. The van der Waals surface area contributed by atoms with E-state index in [1.165, 1.54) is 4.31 Å². The highest BCUT2D eigenvalue weighted by Gasteiger charge is 2.29. The van der Waals surface area contributed by atoms with Crippen LogP contribution in [0, 0.1) is 6.92 Å². The van der Waals surface area contributed by atoms with Gasteiger partial charge in [-0.15, -0.1) is 0 Å². The van der Waals surface area contributed by atoms with E-state index in [2.05, 4.69) is 5.32 Å². The summed E-state index contributed by atoms with van der Waals surface area (Å²) in [6, 6.07) is 11.9. The number of ether oxygens (including phenoxy) is 1. The molecule has 1 N–H and O–H groups in total. The molecular formula is C28H38ClN3O5S. The van der Waals surface area contributed by atoms with Crippen molar-refractivity contribution >= 4 is 39.1 Å². The summed E-state index contributed by atoms with van der Waals surface area (Å²) in [7, 11) is -2.01. The van der Waals surface area contributed by atoms with Gasteiger partial charge in [0.15, 0.2) is 0 Å². The van der Waals surface area contributed by atoms with Crippen LogP contribution in [0.3, 0.4) is 0 Å². The first-order valence-corrected chi connectivity index (χ1v) is 15.2. The van der Waals surface area contributed by atoms with E-state index in [0.717, 1.165) is 43.1 Å². The lowest BCUT2D eigenvalue weighted by molar-refractivity contribution is -0.141. The minimum absolute atomic E-state index is 0.0861. The molecule has 1 aliphatic rings. The van der Waals surface area contributed by atoms with Crippen molar-refractivity contribution in [2.45, 2.75) is 71.0 Å². The largest absolute Gasteiger partial charge is 0.497 e. The maximum absolute atomic E-state index is 13.5. The molecule has 208 valence electrons. The molecule has 0 saturated heterocycles. The first-order valence-electron chi connectivity index (χ1n) is 13.0. The molecule has 1 aliphatic carbocycles. The predicted molar refractivity (Wildman–Crippen MR) is 151 cm³/mol. The number of nitrogens with zero attached hydrogens (tertiary/aromatic N) is 2. The predicted octanol–water partition coefficient (Wildman–Crippen LogP) is 4.68. The van der Waals surface area contributed by atoms with Crippen molar-refractivity contribution in [3.8, 4) is 5.75 Å². The van der Waals surface area contributed by atoms with Crippen LogP contribution in [0.5, 0.6) is 5.75 Å². The number of aryl methyl sites for hydroxylation is 1. The van der Waals surface area contributed by atoms with E-state index in [9.17, 15) is 18.0 Å². The number of amides is 2. The summed E-state index contributed by atoms with van der Waals surface area (Å²) in [5.74, 6) is 0.313. The summed E-state index contributed by atoms with van der Waals surface area (Å²) in [4.78, 5) is 28.1. The van der Waals surface area contributed by atoms with Crippen LogP contribution in [0.15, 0.2) is 42.5 Å². The maximum atomic E-state index is 13.5. The van der Waals surface area contributed by atoms with Crippen LogP contribution in [0.25, 0.3) is 0 Å². The molecule has 3 rings (SSSR count). The quantitative estimate of drug-likeness (QED) is 0.404. The van der Waals surface area contributed by atoms with E-state index >= 15 is 0 Å². The zero-order valence-corrected chi connectivity index (χ0v) is 24.1. The van der Waals surface area contributed by atoms with Crippen molar-refractivity contribution in [1.29, 1.82) is 0 Å². The Morgan fingerprint density at radius 1 is 1.13 bits per heavy atom. The minimum atomic E-state index is -3.60. The number of benzene rings is 2. The van der Waals surface area contributed by atoms with Crippen LogP contribution in [0.1, 0.15) is 56.6 Å². The van der Waals surface area contributed by atoms with Gasteiger partial charge in [-0.3, -0.25) is 13.9 Å². The minimum Gasteiger partial charge on any atom is -0.497 e. The maximum Gasteiger partial charge on any atom is 0.242 e. The van der Waals surface area contributed by atoms with Gasteiger partial charge in [-0.1, -0.05) is 42.6 Å². The smallest absolute Gasteiger partial charge is 0.242 e. The van der Waals surface area contributed by atoms with Gasteiger partial charge in [-0.25, -0.2) is 8.42 Å². The molecule has 0 bridgehead atoms. The first-order chi connectivity index (χ1) is 18.0. The summed E-state index contributed by atoms with van der Waals surface area (Å²) < 4.78 is 31.7. The number of sulfonamides is 1. The van der Waals surface area contributed by atoms with Gasteiger partial charge in [0.1, 0.15) is 11.8 Å². The standard InChI is InChI=1S/C28H38ClN3O5S/c1-20-11-14-23(29)18-26(20)32(38(4,35)36)17-7-10-27(33)31(19-22-12-15-25(37-3)16-13-22)21(2)28(34)30-24-8-5-6-9-24/h11-16,18,21,24H,5-10,17,19H2,1-4H3,(H,30,34)/t21-/m1/s1. The Labute approximate surface area is 231 Å². The van der Waals surface area contributed by atoms with E-state index in [1.54, 1.807) is 37.1 Å². The average molecular weight is 564 g/mol. The zero-order valence-electron chi connectivity index (χ0n) is 22.6. The van der Waals surface area contributed by atoms with Crippen LogP contribution >= 0.6 is 11.6 Å². The van der Waals surface area contributed by atoms with E-state index in [0.29, 0.717) is 16.5 Å². The Hall–Kier alpha value is -2.78. The number of nitrogens with one attached hydrogen (secondary N) is 1. The fourth-order valence-electron chi connectivity index (χ4n) is 4.74. The number of hydrogen-bond acceptors (Lipinski definition) is 5. The second-order valence-corrected chi connectivity index (χ2v) is 12.2. The molecule has 1 fully saturated rings. The van der Waals surface area contributed by atoms with E-state index in [-0.39, 0.29) is 43.8 Å². The monoisotopic (exact) mass is 563 g/mol. The molecule has 0 spiro atoms. The van der Waals surface area contributed by atoms with E-state index in [1.807, 2.05) is 31.2 Å². The molecule has 0 unspecified atom stereocenters. The summed E-state index contributed by atoms with van der Waals surface area (Å²) >= 11 is 6.13. The molecule has 2 aromatic carbocycles. The van der Waals surface area contributed by atoms with Crippen LogP contribution in [0.4, 0.5) is 5.69 Å². The fourth-order valence-corrected chi connectivity index (χ4v) is 5.92. The molecule has 0 radical (unpaired) electrons. The Morgan fingerprint density at radius 3 is 2.39 bits per heavy atom. The number of carbonyl (C=O) groups excluding carboxylic acids is 2. The van der Waals surface area contributed by atoms with Crippen LogP contribution in [-0.4, -0.2) is 57.1 Å². The van der Waals surface area contributed by atoms with Gasteiger partial charge in [-0.05, 0) is 68.5 Å². The van der Waals surface area contributed by atoms with Crippen LogP contribution < -0.4 is 14.4 Å². The van der Waals surface area contributed by atoms with Crippen molar-refractivity contribution < 1.29 is 22.7 Å². The molecule has 8 nitrogen and oxygen atoms in total. The van der Waals surface area contributed by atoms with Gasteiger partial charge in [-0.2, -0.15) is 0 Å². The molecule has 0 heterocycles. The highest BCUT2D eigenvalue weighted by Crippen LogP contribution is 2.27. The number of anilines is 1. The molecule has 1 saturated carbocycles. The number of carbonyl (C=O) groups is 2. The van der Waals surface area contributed by atoms with Crippen LogP contribution in [0.2, 0.25) is 5.02 Å². The van der Waals surface area contributed by atoms with Gasteiger partial charge < -0.3 is 15.0 Å². The second kappa shape index (κ2) is 13.3. The molecule has 0 aromatic heterocycles. The van der Waals surface area contributed by atoms with Gasteiger partial charge >= 0.3 is 0 Å². The number of methoxy groups -OCH3 is 1. The Balaban J connectivity index is 1.74. The zero-order chi connectivity index (χ0) is 27.9. The lowest BCUT2D eigenvalue weighted by atomic mass is 10.1. The van der Waals surface area contributed by atoms with Crippen molar-refractivity contribution in [3.63, 3.8) is 0 Å². The normalized spacial score (nSPS) is 14.7. The Kier molecular flexibility index (Phi) is 10.4. The lowest BCUT2D eigenvalue weighted by Gasteiger charge is -2.30. The summed E-state index contributed by atoms with van der Waals surface area (Å²) in [6.45, 7) is 3.93. The van der Waals surface area contributed by atoms with Gasteiger partial charge in [0.05, 0.1) is 19.1 Å². The lowest BCUT2D eigenvalue weighted by Crippen LogP contribution is -2.49. The third-order valence-corrected chi connectivity index (χ3v) is 8.39. The molecule has 1 atom stereocenters. The highest BCUT2D eigenvalue weighted by molar-refractivity contribution is 7.92. The topological polar surface area (TPSA) is 96.0 Å². The summed E-state index contributed by atoms with van der Waals surface area (Å²) in [5.41, 5.74) is 2.13. The average Bonchev–Trinajstić information content (AvgIpc) is 3.39. The fraction of sp³-hybridized carbons (Fsp3) is 0.500. The van der Waals surface area contributed by atoms with Gasteiger partial charge in [0.25, 0.3) is 0 Å². The number of halogens is 1. The number of rotatable bonds is 12. The first kappa shape index (κ1) is 29.8. The molecule has 10 heteroatoms. The molecule has 38 heavy (non-hydrogen) atoms. The molecular weight excluding hydrogens is 526 g/mol. The van der Waals surface area contributed by atoms with Gasteiger partial charge in [0, 0.05) is 30.6 Å². The van der Waals surface area contributed by atoms with Crippen molar-refractivity contribution in [2.24, 2.45) is 0 Å². The molecule has 0 aliphatic heterocycles. The Bertz CT molecular complexity index is 1210. The van der Waals surface area contributed by atoms with E-state index in [4.69, 9.17) is 16.3 Å². The molecule has 2 amide bonds. The van der Waals surface area contributed by atoms with Gasteiger partial charge in [0.2, 0.25) is 21.8 Å². The van der Waals surface area contributed by atoms with Crippen molar-refractivity contribution in [2.75, 3.05) is 24.2 Å². The van der Waals surface area contributed by atoms with Crippen molar-refractivity contribution in [1.82, 2.24) is 10.2 Å². The molecule has 2 aromatic rings. The van der Waals surface area contributed by atoms with E-state index < -0.39 is 16.1 Å². The highest BCUT2D eigenvalue weighted by atomic mass is 35.5. The summed E-state index contributed by atoms with van der Waals surface area (Å²) in [6.07, 6.45) is 5.61. The van der Waals surface area contributed by atoms with Crippen molar-refractivity contribution in [3.05, 3.63) is 58.6 Å². The SMILES string of the molecule is COc1ccc(CN(C(=O)CCCN(c2cc(Cl)ccc2C)S(C)(=O)=O)[C@H](C)C(=O)NC2CCCC2)cc1.